The van der Waals surface area contributed by atoms with E-state index in [0.29, 0.717) is 168 Å². The van der Waals surface area contributed by atoms with Crippen LogP contribution in [0.25, 0.3) is 0 Å². The maximum atomic E-state index is 12.4. The average Bonchev–Trinajstić information content (AvgIpc) is 0.766. The summed E-state index contributed by atoms with van der Waals surface area (Å²) in [5.74, 6) is 4.37. The zero-order valence-corrected chi connectivity index (χ0v) is 80.4. The third-order valence-corrected chi connectivity index (χ3v) is 20.0. The number of aryl methyl sites for hydroxylation is 5. The lowest BCUT2D eigenvalue weighted by atomic mass is 10.1. The summed E-state index contributed by atoms with van der Waals surface area (Å²) in [6.45, 7) is 9.57. The van der Waals surface area contributed by atoms with Crippen LogP contribution >= 0.6 is 46.4 Å². The van der Waals surface area contributed by atoms with Crippen LogP contribution in [-0.2, 0) is 0 Å². The molecule has 0 aliphatic rings. The molecule has 7 heterocycles. The van der Waals surface area contributed by atoms with Gasteiger partial charge in [0.2, 0.25) is 0 Å². The van der Waals surface area contributed by atoms with Crippen molar-refractivity contribution >= 4 is 116 Å². The standard InChI is InChI=1S/C19H14N4O2.C18H11ClN4O2.3C18H14ClN3O2.C18H15N3O2.2CH4/c1-13-3-2-4-15(5-13)19(24)23-16-6-14(9-20)7-17(8-16)25-18-10-21-12-22-11-18;19-14-5-15(7-16(6-14)25-17-9-21-11-22-10-17)23-18(24)13-3-1-2-12(4-13)8-20;1-12-4-2-6-17(21-12)18(23)22-14-8-13(19)9-16(10-14)24-15-5-3-7-20-11-15;2*1-12-3-2-4-13(5-12)18(23)22-15-6-14(19)7-16(8-15)24-17-9-20-11-21-10-17;1-13-4-2-5-14(8-13)18(22)21-15-6-3-7-16(9-15)23-17-10-19-12-20-11-17;;/h2-8,10-12H,1H3,(H,23,24);1-7,9-11H,(H,23,24);3*2-11H,1H3,(H,22,23);2-12H,1H3,(H,21,22);2*1H4. The van der Waals surface area contributed by atoms with Gasteiger partial charge in [-0.15, -0.1) is 0 Å². The number of ether oxygens (including phenoxy) is 6. The lowest BCUT2D eigenvalue weighted by molar-refractivity contribution is 0.101. The van der Waals surface area contributed by atoms with Crippen LogP contribution in [0.3, 0.4) is 0 Å². The molecule has 32 nitrogen and oxygen atoms in total. The number of hydrogen-bond acceptors (Lipinski definition) is 26. The monoisotopic (exact) mass is 2030 g/mol. The van der Waals surface area contributed by atoms with E-state index in [9.17, 15) is 34.0 Å². The number of hydrogen-bond donors (Lipinski definition) is 6. The van der Waals surface area contributed by atoms with Gasteiger partial charge in [-0.3, -0.25) is 33.8 Å². The van der Waals surface area contributed by atoms with Crippen molar-refractivity contribution in [2.45, 2.75) is 49.5 Å². The van der Waals surface area contributed by atoms with Crippen molar-refractivity contribution in [3.8, 4) is 81.1 Å². The molecule has 0 atom stereocenters. The quantitative estimate of drug-likeness (QED) is 0.0327. The Hall–Kier alpha value is -19.1. The van der Waals surface area contributed by atoms with Gasteiger partial charge >= 0.3 is 0 Å². The van der Waals surface area contributed by atoms with Crippen molar-refractivity contribution in [1.29, 1.82) is 10.5 Å². The number of nitrogens with zero attached hydrogens (tertiary/aromatic N) is 14. The largest absolute Gasteiger partial charge is 0.456 e. The van der Waals surface area contributed by atoms with Gasteiger partial charge in [-0.25, -0.2) is 54.8 Å². The number of halogens is 4. The van der Waals surface area contributed by atoms with E-state index in [1.54, 1.807) is 225 Å². The molecular formula is C111H90Cl4N20O12. The molecule has 0 radical (unpaired) electrons. The van der Waals surface area contributed by atoms with Crippen LogP contribution in [0.15, 0.2) is 373 Å². The molecule has 0 bridgehead atoms. The number of aromatic nitrogens is 12. The van der Waals surface area contributed by atoms with Gasteiger partial charge in [0.05, 0.1) is 91.4 Å². The van der Waals surface area contributed by atoms with Gasteiger partial charge in [-0.1, -0.05) is 150 Å². The first-order chi connectivity index (χ1) is 70.3. The predicted octanol–water partition coefficient (Wildman–Crippen LogP) is 26.3. The van der Waals surface area contributed by atoms with E-state index in [-0.39, 0.29) is 50.3 Å². The van der Waals surface area contributed by atoms with E-state index in [0.717, 1.165) is 27.9 Å². The molecular weight excluding hydrogens is 1950 g/mol. The van der Waals surface area contributed by atoms with E-state index in [2.05, 4.69) is 97.8 Å². The minimum atomic E-state index is -0.353. The van der Waals surface area contributed by atoms with Crippen molar-refractivity contribution in [2.24, 2.45) is 0 Å². The van der Waals surface area contributed by atoms with Crippen molar-refractivity contribution in [3.05, 3.63) is 466 Å². The molecule has 0 saturated heterocycles. The summed E-state index contributed by atoms with van der Waals surface area (Å²) in [6, 6.07) is 80.5. The third kappa shape index (κ3) is 35.9. The van der Waals surface area contributed by atoms with E-state index < -0.39 is 0 Å². The molecule has 18 rings (SSSR count). The summed E-state index contributed by atoms with van der Waals surface area (Å²) in [5, 5.41) is 36.6. The number of anilines is 6. The molecule has 0 aliphatic heterocycles. The molecule has 36 heteroatoms. The van der Waals surface area contributed by atoms with Crippen LogP contribution in [0.1, 0.15) is 116 Å². The summed E-state index contributed by atoms with van der Waals surface area (Å²) in [4.78, 5) is 121. The maximum Gasteiger partial charge on any atom is 0.274 e. The number of rotatable bonds is 24. The van der Waals surface area contributed by atoms with Crippen molar-refractivity contribution < 1.29 is 57.2 Å². The minimum Gasteiger partial charge on any atom is -0.456 e. The fourth-order valence-electron chi connectivity index (χ4n) is 12.9. The fourth-order valence-corrected chi connectivity index (χ4v) is 13.8. The second-order valence-corrected chi connectivity index (χ2v) is 32.6. The van der Waals surface area contributed by atoms with Gasteiger partial charge in [0.15, 0.2) is 28.7 Å². The topological polar surface area (TPSA) is 432 Å². The lowest BCUT2D eigenvalue weighted by Gasteiger charge is -2.10. The highest BCUT2D eigenvalue weighted by Crippen LogP contribution is 2.35. The van der Waals surface area contributed by atoms with Crippen molar-refractivity contribution in [1.82, 2.24) is 59.8 Å². The Morgan fingerprint density at radius 2 is 0.517 bits per heavy atom. The number of carbonyl (C=O) groups is 6. The van der Waals surface area contributed by atoms with Gasteiger partial charge in [0.25, 0.3) is 35.4 Å². The SMILES string of the molecule is C.C.Cc1cccc(C(=O)Nc2cc(C#N)cc(Oc3cncnc3)c2)c1.Cc1cccc(C(=O)Nc2cc(Cl)cc(Oc3cccnc3)c2)n1.Cc1cccc(C(=O)Nc2cc(Cl)cc(Oc3cncnc3)c2)c1.Cc1cccc(C(=O)Nc2cc(Cl)cc(Oc3cncnc3)c2)c1.Cc1cccc(C(=O)Nc2cccc(Oc3cncnc3)c2)c1.N#Cc1cccc(C(=O)Nc2cc(Cl)cc(Oc3cncnc3)c2)c1. The van der Waals surface area contributed by atoms with Gasteiger partial charge in [-0.2, -0.15) is 10.5 Å². The molecule has 0 saturated carbocycles. The second-order valence-electron chi connectivity index (χ2n) is 30.8. The van der Waals surface area contributed by atoms with Crippen LogP contribution in [0.5, 0.6) is 69.0 Å². The van der Waals surface area contributed by atoms with Crippen molar-refractivity contribution in [2.75, 3.05) is 31.9 Å². The number of amides is 6. The van der Waals surface area contributed by atoms with Crippen LogP contribution in [-0.4, -0.2) is 95.3 Å². The summed E-state index contributed by atoms with van der Waals surface area (Å²) in [7, 11) is 0. The highest BCUT2D eigenvalue weighted by molar-refractivity contribution is 6.32. The second kappa shape index (κ2) is 55.2. The summed E-state index contributed by atoms with van der Waals surface area (Å²) in [5.41, 5.74) is 11.8. The predicted molar refractivity (Wildman–Crippen MR) is 564 cm³/mol. The first-order valence-corrected chi connectivity index (χ1v) is 45.0. The Morgan fingerprint density at radius 3 is 0.844 bits per heavy atom. The molecule has 18 aromatic rings. The number of nitrogens with one attached hydrogen (secondary N) is 6. The smallest absolute Gasteiger partial charge is 0.274 e. The van der Waals surface area contributed by atoms with Crippen molar-refractivity contribution in [3.63, 3.8) is 0 Å². The van der Waals surface area contributed by atoms with E-state index in [1.807, 2.05) is 126 Å². The number of nitriles is 2. The molecule has 0 fully saturated rings. The summed E-state index contributed by atoms with van der Waals surface area (Å²) < 4.78 is 33.9. The lowest BCUT2D eigenvalue weighted by Crippen LogP contribution is -2.14. The number of benzene rings is 11. The van der Waals surface area contributed by atoms with Gasteiger partial charge in [0, 0.05) is 130 Å². The molecule has 0 spiro atoms. The first-order valence-electron chi connectivity index (χ1n) is 43.5. The van der Waals surface area contributed by atoms with Crippen LogP contribution < -0.4 is 60.3 Å². The zero-order chi connectivity index (χ0) is 102. The molecule has 11 aromatic carbocycles. The molecule has 0 aliphatic carbocycles. The van der Waals surface area contributed by atoms with E-state index in [4.69, 9.17) is 80.1 Å². The molecule has 7 aromatic heterocycles. The van der Waals surface area contributed by atoms with Crippen LogP contribution in [0.4, 0.5) is 34.1 Å². The maximum absolute atomic E-state index is 12.4. The molecule has 734 valence electrons. The highest BCUT2D eigenvalue weighted by Gasteiger charge is 2.18. The Morgan fingerprint density at radius 1 is 0.245 bits per heavy atom. The minimum absolute atomic E-state index is 0. The highest BCUT2D eigenvalue weighted by atomic mass is 35.5. The first kappa shape index (κ1) is 108. The van der Waals surface area contributed by atoms with Gasteiger partial charge < -0.3 is 60.3 Å². The molecule has 6 amide bonds. The van der Waals surface area contributed by atoms with Crippen LogP contribution in [0.2, 0.25) is 20.1 Å². The fraction of sp³-hybridized carbons (Fsp3) is 0.0631. The molecule has 6 N–H and O–H groups in total. The average molecular weight is 2040 g/mol. The van der Waals surface area contributed by atoms with E-state index in [1.165, 1.54) is 62.5 Å². The van der Waals surface area contributed by atoms with Crippen LogP contribution in [0, 0.1) is 57.3 Å². The number of pyridine rings is 2. The number of carbonyl (C=O) groups excluding carboxylic acids is 6. The summed E-state index contributed by atoms with van der Waals surface area (Å²) >= 11 is 24.4. The Balaban J connectivity index is 0.000000167. The van der Waals surface area contributed by atoms with E-state index >= 15 is 0 Å². The Kier molecular flexibility index (Phi) is 40.6. The molecule has 147 heavy (non-hydrogen) atoms. The van der Waals surface area contributed by atoms with Gasteiger partial charge in [0.1, 0.15) is 77.6 Å². The zero-order valence-electron chi connectivity index (χ0n) is 77.4. The third-order valence-electron chi connectivity index (χ3n) is 19.1. The molecule has 0 unspecified atom stereocenters. The van der Waals surface area contributed by atoms with Gasteiger partial charge in [-0.05, 0) is 198 Å². The normalized spacial score (nSPS) is 9.98. The summed E-state index contributed by atoms with van der Waals surface area (Å²) in [6.07, 6.45) is 25.7. The Bertz CT molecular complexity index is 7300. The Labute approximate surface area is 866 Å².